The van der Waals surface area contributed by atoms with E-state index in [1.807, 2.05) is 50.2 Å². The van der Waals surface area contributed by atoms with Gasteiger partial charge in [0.2, 0.25) is 0 Å². The molecule has 1 aromatic carbocycles. The number of rotatable bonds is 6. The molecule has 1 amide bonds. The van der Waals surface area contributed by atoms with Crippen molar-refractivity contribution in [1.82, 2.24) is 5.32 Å². The molecule has 1 aromatic heterocycles. The molecular formula is C16H20N2O2. The molecule has 2 rings (SSSR count). The second-order valence-electron chi connectivity index (χ2n) is 4.77. The molecule has 106 valence electrons. The quantitative estimate of drug-likeness (QED) is 0.849. The highest BCUT2D eigenvalue weighted by molar-refractivity contribution is 5.94. The largest absolute Gasteiger partial charge is 0.469 e. The van der Waals surface area contributed by atoms with E-state index < -0.39 is 0 Å². The lowest BCUT2D eigenvalue weighted by Crippen LogP contribution is -2.33. The number of carbonyl (C=O) groups excluding carboxylic acids is 1. The van der Waals surface area contributed by atoms with Crippen LogP contribution < -0.4 is 10.6 Å². The highest BCUT2D eigenvalue weighted by atomic mass is 16.3. The standard InChI is InChI=1S/C16H20N2O2/c1-3-17-14-8-6-13(7-9-14)16(19)18-12(2)11-15-5-4-10-20-15/h4-10,12,17H,3,11H2,1-2H3,(H,18,19). The first-order chi connectivity index (χ1) is 9.69. The average Bonchev–Trinajstić information content (AvgIpc) is 2.92. The van der Waals surface area contributed by atoms with Crippen molar-refractivity contribution in [3.05, 3.63) is 54.0 Å². The first-order valence-electron chi connectivity index (χ1n) is 6.86. The van der Waals surface area contributed by atoms with Gasteiger partial charge in [0, 0.05) is 30.3 Å². The van der Waals surface area contributed by atoms with Crippen LogP contribution in [0.4, 0.5) is 5.69 Å². The van der Waals surface area contributed by atoms with Gasteiger partial charge in [-0.25, -0.2) is 0 Å². The third-order valence-electron chi connectivity index (χ3n) is 2.99. The number of anilines is 1. The van der Waals surface area contributed by atoms with Gasteiger partial charge in [0.1, 0.15) is 5.76 Å². The van der Waals surface area contributed by atoms with Gasteiger partial charge in [-0.3, -0.25) is 4.79 Å². The van der Waals surface area contributed by atoms with Gasteiger partial charge in [-0.05, 0) is 50.2 Å². The molecule has 0 aliphatic heterocycles. The van der Waals surface area contributed by atoms with Gasteiger partial charge in [-0.1, -0.05) is 0 Å². The Morgan fingerprint density at radius 1 is 1.25 bits per heavy atom. The zero-order chi connectivity index (χ0) is 14.4. The van der Waals surface area contributed by atoms with Crippen molar-refractivity contribution in [2.75, 3.05) is 11.9 Å². The van der Waals surface area contributed by atoms with Crippen LogP contribution in [-0.4, -0.2) is 18.5 Å². The molecule has 1 heterocycles. The number of benzene rings is 1. The summed E-state index contributed by atoms with van der Waals surface area (Å²) in [6, 6.07) is 11.3. The van der Waals surface area contributed by atoms with E-state index in [2.05, 4.69) is 10.6 Å². The third-order valence-corrected chi connectivity index (χ3v) is 2.99. The van der Waals surface area contributed by atoms with Gasteiger partial charge in [-0.15, -0.1) is 0 Å². The van der Waals surface area contributed by atoms with Gasteiger partial charge >= 0.3 is 0 Å². The third kappa shape index (κ3) is 3.88. The molecule has 4 nitrogen and oxygen atoms in total. The maximum Gasteiger partial charge on any atom is 0.251 e. The van der Waals surface area contributed by atoms with Crippen molar-refractivity contribution in [1.29, 1.82) is 0 Å². The Morgan fingerprint density at radius 3 is 2.60 bits per heavy atom. The minimum atomic E-state index is -0.0629. The minimum Gasteiger partial charge on any atom is -0.469 e. The molecule has 0 saturated carbocycles. The second kappa shape index (κ2) is 6.80. The number of amides is 1. The molecule has 4 heteroatoms. The van der Waals surface area contributed by atoms with E-state index >= 15 is 0 Å². The van der Waals surface area contributed by atoms with Gasteiger partial charge in [0.25, 0.3) is 5.91 Å². The zero-order valence-corrected chi connectivity index (χ0v) is 11.8. The summed E-state index contributed by atoms with van der Waals surface area (Å²) in [6.45, 7) is 4.87. The summed E-state index contributed by atoms with van der Waals surface area (Å²) < 4.78 is 5.27. The Labute approximate surface area is 119 Å². The van der Waals surface area contributed by atoms with Crippen molar-refractivity contribution < 1.29 is 9.21 Å². The fraction of sp³-hybridized carbons (Fsp3) is 0.312. The molecule has 1 atom stereocenters. The predicted molar refractivity (Wildman–Crippen MR) is 79.9 cm³/mol. The Balaban J connectivity index is 1.90. The Morgan fingerprint density at radius 2 is 2.00 bits per heavy atom. The van der Waals surface area contributed by atoms with Gasteiger partial charge < -0.3 is 15.1 Å². The van der Waals surface area contributed by atoms with Crippen LogP contribution >= 0.6 is 0 Å². The van der Waals surface area contributed by atoms with Gasteiger partial charge in [0.05, 0.1) is 6.26 Å². The number of hydrogen-bond acceptors (Lipinski definition) is 3. The summed E-state index contributed by atoms with van der Waals surface area (Å²) in [4.78, 5) is 12.1. The summed E-state index contributed by atoms with van der Waals surface area (Å²) in [6.07, 6.45) is 2.33. The molecule has 1 unspecified atom stereocenters. The van der Waals surface area contributed by atoms with E-state index in [1.165, 1.54) is 0 Å². The lowest BCUT2D eigenvalue weighted by Gasteiger charge is -2.13. The average molecular weight is 272 g/mol. The van der Waals surface area contributed by atoms with Crippen LogP contribution in [0.2, 0.25) is 0 Å². The molecule has 0 aliphatic carbocycles. The predicted octanol–water partition coefficient (Wildman–Crippen LogP) is 3.07. The molecule has 0 aliphatic rings. The number of furan rings is 1. The van der Waals surface area contributed by atoms with Crippen molar-refractivity contribution in [3.8, 4) is 0 Å². The maximum absolute atomic E-state index is 12.1. The van der Waals surface area contributed by atoms with Crippen LogP contribution in [0.3, 0.4) is 0 Å². The molecule has 20 heavy (non-hydrogen) atoms. The van der Waals surface area contributed by atoms with Crippen molar-refractivity contribution in [3.63, 3.8) is 0 Å². The fourth-order valence-electron chi connectivity index (χ4n) is 2.03. The Bertz CT molecular complexity index is 532. The van der Waals surface area contributed by atoms with E-state index in [4.69, 9.17) is 4.42 Å². The lowest BCUT2D eigenvalue weighted by atomic mass is 10.1. The van der Waals surface area contributed by atoms with Crippen molar-refractivity contribution >= 4 is 11.6 Å². The topological polar surface area (TPSA) is 54.3 Å². The molecule has 0 radical (unpaired) electrons. The highest BCUT2D eigenvalue weighted by Crippen LogP contribution is 2.10. The van der Waals surface area contributed by atoms with Crippen LogP contribution in [0.25, 0.3) is 0 Å². The maximum atomic E-state index is 12.1. The summed E-state index contributed by atoms with van der Waals surface area (Å²) in [5.41, 5.74) is 1.69. The summed E-state index contributed by atoms with van der Waals surface area (Å²) in [7, 11) is 0. The smallest absolute Gasteiger partial charge is 0.251 e. The van der Waals surface area contributed by atoms with E-state index in [9.17, 15) is 4.79 Å². The zero-order valence-electron chi connectivity index (χ0n) is 11.8. The molecule has 0 spiro atoms. The van der Waals surface area contributed by atoms with E-state index in [0.29, 0.717) is 12.0 Å². The summed E-state index contributed by atoms with van der Waals surface area (Å²) in [5.74, 6) is 0.812. The first kappa shape index (κ1) is 14.2. The second-order valence-corrected chi connectivity index (χ2v) is 4.77. The number of hydrogen-bond donors (Lipinski definition) is 2. The highest BCUT2D eigenvalue weighted by Gasteiger charge is 2.11. The lowest BCUT2D eigenvalue weighted by molar-refractivity contribution is 0.0939. The summed E-state index contributed by atoms with van der Waals surface area (Å²) >= 11 is 0. The first-order valence-corrected chi connectivity index (χ1v) is 6.86. The van der Waals surface area contributed by atoms with Crippen LogP contribution in [0.1, 0.15) is 30.0 Å². The van der Waals surface area contributed by atoms with Gasteiger partial charge in [-0.2, -0.15) is 0 Å². The van der Waals surface area contributed by atoms with E-state index in [0.717, 1.165) is 18.0 Å². The van der Waals surface area contributed by atoms with E-state index in [1.54, 1.807) is 6.26 Å². The molecule has 0 bridgehead atoms. The summed E-state index contributed by atoms with van der Waals surface area (Å²) in [5, 5.41) is 6.17. The molecule has 2 aromatic rings. The number of nitrogens with one attached hydrogen (secondary N) is 2. The number of carbonyl (C=O) groups is 1. The molecular weight excluding hydrogens is 252 g/mol. The fourth-order valence-corrected chi connectivity index (χ4v) is 2.03. The van der Waals surface area contributed by atoms with Crippen LogP contribution in [-0.2, 0) is 6.42 Å². The Hall–Kier alpha value is -2.23. The van der Waals surface area contributed by atoms with Crippen molar-refractivity contribution in [2.24, 2.45) is 0 Å². The van der Waals surface area contributed by atoms with Crippen LogP contribution in [0, 0.1) is 0 Å². The van der Waals surface area contributed by atoms with E-state index in [-0.39, 0.29) is 11.9 Å². The molecule has 0 fully saturated rings. The molecule has 0 saturated heterocycles. The van der Waals surface area contributed by atoms with Crippen LogP contribution in [0.5, 0.6) is 0 Å². The van der Waals surface area contributed by atoms with Crippen molar-refractivity contribution in [2.45, 2.75) is 26.3 Å². The van der Waals surface area contributed by atoms with Crippen LogP contribution in [0.15, 0.2) is 47.1 Å². The SMILES string of the molecule is CCNc1ccc(C(=O)NC(C)Cc2ccco2)cc1. The monoisotopic (exact) mass is 272 g/mol. The molecule has 2 N–H and O–H groups in total. The minimum absolute atomic E-state index is 0.0297. The van der Waals surface area contributed by atoms with Gasteiger partial charge in [0.15, 0.2) is 0 Å². The normalized spacial score (nSPS) is 11.9. The Kier molecular flexibility index (Phi) is 4.82.